The largest absolute Gasteiger partial charge is 0.352 e. The summed E-state index contributed by atoms with van der Waals surface area (Å²) < 4.78 is 40.7. The molecule has 0 aromatic heterocycles. The zero-order valence-corrected chi connectivity index (χ0v) is 17.9. The minimum atomic E-state index is -3.72. The summed E-state index contributed by atoms with van der Waals surface area (Å²) in [6, 6.07) is 11.9. The number of rotatable bonds is 6. The van der Waals surface area contributed by atoms with Crippen LogP contribution in [0.15, 0.2) is 53.4 Å². The first-order chi connectivity index (χ1) is 14.4. The number of benzene rings is 2. The number of sulfonamides is 1. The Hall–Kier alpha value is -2.00. The predicted molar refractivity (Wildman–Crippen MR) is 112 cm³/mol. The lowest BCUT2D eigenvalue weighted by molar-refractivity contribution is -0.127. The molecule has 1 N–H and O–H groups in total. The highest BCUT2D eigenvalue weighted by atomic mass is 35.5. The van der Waals surface area contributed by atoms with Crippen LogP contribution in [-0.2, 0) is 14.8 Å². The van der Waals surface area contributed by atoms with Gasteiger partial charge in [0, 0.05) is 32.2 Å². The molecule has 30 heavy (non-hydrogen) atoms. The average molecular weight is 452 g/mol. The van der Waals surface area contributed by atoms with Crippen molar-refractivity contribution < 1.29 is 17.6 Å². The van der Waals surface area contributed by atoms with Crippen molar-refractivity contribution in [3.63, 3.8) is 0 Å². The highest BCUT2D eigenvalue weighted by Crippen LogP contribution is 2.29. The van der Waals surface area contributed by atoms with Crippen LogP contribution in [0.3, 0.4) is 0 Å². The Morgan fingerprint density at radius 3 is 2.27 bits per heavy atom. The molecule has 1 aliphatic carbocycles. The molecule has 1 unspecified atom stereocenters. The van der Waals surface area contributed by atoms with Gasteiger partial charge in [-0.2, -0.15) is 4.31 Å². The normalized spacial score (nSPS) is 19.4. The van der Waals surface area contributed by atoms with Crippen LogP contribution in [0.4, 0.5) is 4.39 Å². The lowest BCUT2D eigenvalue weighted by Crippen LogP contribution is -2.52. The van der Waals surface area contributed by atoms with Gasteiger partial charge in [-0.05, 0) is 42.7 Å². The molecular formula is C21H23ClFN3O3S. The highest BCUT2D eigenvalue weighted by molar-refractivity contribution is 7.89. The maximum absolute atomic E-state index is 13.4. The van der Waals surface area contributed by atoms with Gasteiger partial charge in [0.2, 0.25) is 15.9 Å². The molecule has 1 saturated heterocycles. The molecule has 0 bridgehead atoms. The fourth-order valence-corrected chi connectivity index (χ4v) is 5.59. The number of nitrogens with zero attached hydrogens (tertiary/aromatic N) is 2. The molecule has 2 fully saturated rings. The van der Waals surface area contributed by atoms with Crippen molar-refractivity contribution in [2.24, 2.45) is 0 Å². The van der Waals surface area contributed by atoms with Gasteiger partial charge in [0.05, 0.1) is 5.02 Å². The van der Waals surface area contributed by atoms with Crippen molar-refractivity contribution >= 4 is 27.5 Å². The first kappa shape index (κ1) is 21.2. The third-order valence-electron chi connectivity index (χ3n) is 5.45. The van der Waals surface area contributed by atoms with Crippen molar-refractivity contribution in [1.29, 1.82) is 0 Å². The first-order valence-electron chi connectivity index (χ1n) is 9.91. The van der Waals surface area contributed by atoms with Crippen molar-refractivity contribution in [3.8, 4) is 0 Å². The van der Waals surface area contributed by atoms with E-state index >= 15 is 0 Å². The molecule has 2 aromatic carbocycles. The fourth-order valence-electron chi connectivity index (χ4n) is 3.68. The highest BCUT2D eigenvalue weighted by Gasteiger charge is 2.36. The Bertz CT molecular complexity index is 1020. The summed E-state index contributed by atoms with van der Waals surface area (Å²) in [5.41, 5.74) is 0.692. The second-order valence-corrected chi connectivity index (χ2v) is 9.92. The van der Waals surface area contributed by atoms with E-state index in [2.05, 4.69) is 5.32 Å². The van der Waals surface area contributed by atoms with Crippen LogP contribution in [0.25, 0.3) is 0 Å². The summed E-state index contributed by atoms with van der Waals surface area (Å²) in [6.45, 7) is 1.23. The van der Waals surface area contributed by atoms with E-state index in [1.807, 2.05) is 4.90 Å². The Balaban J connectivity index is 1.51. The Morgan fingerprint density at radius 2 is 1.67 bits per heavy atom. The van der Waals surface area contributed by atoms with E-state index in [4.69, 9.17) is 11.6 Å². The van der Waals surface area contributed by atoms with Gasteiger partial charge < -0.3 is 5.32 Å². The molecule has 6 nitrogen and oxygen atoms in total. The van der Waals surface area contributed by atoms with Gasteiger partial charge in [0.15, 0.2) is 0 Å². The van der Waals surface area contributed by atoms with E-state index in [1.165, 1.54) is 22.5 Å². The van der Waals surface area contributed by atoms with E-state index in [0.717, 1.165) is 12.8 Å². The standard InChI is InChI=1S/C21H23ClFN3O3S/c22-18-3-1-2-4-19(18)30(28,29)26-13-11-25(12-14-26)20(21(27)24-17-9-10-17)15-5-7-16(23)8-6-15/h1-8,17,20H,9-14H2,(H,24,27). The zero-order valence-electron chi connectivity index (χ0n) is 16.3. The van der Waals surface area contributed by atoms with E-state index < -0.39 is 16.1 Å². The molecular weight excluding hydrogens is 429 g/mol. The molecule has 4 rings (SSSR count). The molecule has 2 aromatic rings. The number of hydrogen-bond donors (Lipinski definition) is 1. The van der Waals surface area contributed by atoms with Gasteiger partial charge in [0.25, 0.3) is 0 Å². The average Bonchev–Trinajstić information content (AvgIpc) is 3.54. The molecule has 1 amide bonds. The van der Waals surface area contributed by atoms with Gasteiger partial charge in [-0.25, -0.2) is 12.8 Å². The number of halogens is 2. The number of carbonyl (C=O) groups is 1. The van der Waals surface area contributed by atoms with Crippen LogP contribution in [0.1, 0.15) is 24.4 Å². The third-order valence-corrected chi connectivity index (χ3v) is 7.85. The second kappa shape index (κ2) is 8.63. The van der Waals surface area contributed by atoms with E-state index in [1.54, 1.807) is 30.3 Å². The molecule has 1 atom stereocenters. The molecule has 1 heterocycles. The summed E-state index contributed by atoms with van der Waals surface area (Å²) >= 11 is 6.10. The number of piperazine rings is 1. The fraction of sp³-hybridized carbons (Fsp3) is 0.381. The number of nitrogens with one attached hydrogen (secondary N) is 1. The van der Waals surface area contributed by atoms with Gasteiger partial charge in [0.1, 0.15) is 16.8 Å². The molecule has 0 radical (unpaired) electrons. The van der Waals surface area contributed by atoms with Gasteiger partial charge in [-0.15, -0.1) is 0 Å². The lowest BCUT2D eigenvalue weighted by Gasteiger charge is -2.38. The summed E-state index contributed by atoms with van der Waals surface area (Å²) in [6.07, 6.45) is 1.93. The molecule has 0 spiro atoms. The smallest absolute Gasteiger partial charge is 0.244 e. The number of amides is 1. The van der Waals surface area contributed by atoms with Gasteiger partial charge in [-0.1, -0.05) is 35.9 Å². The summed E-state index contributed by atoms with van der Waals surface area (Å²) in [4.78, 5) is 15.0. The molecule has 2 aliphatic rings. The predicted octanol–water partition coefficient (Wildman–Crippen LogP) is 2.81. The van der Waals surface area contributed by atoms with Crippen LogP contribution in [-0.4, -0.2) is 55.8 Å². The molecule has 160 valence electrons. The topological polar surface area (TPSA) is 69.7 Å². The van der Waals surface area contributed by atoms with E-state index in [9.17, 15) is 17.6 Å². The molecule has 9 heteroatoms. The lowest BCUT2D eigenvalue weighted by atomic mass is 10.0. The van der Waals surface area contributed by atoms with E-state index in [-0.39, 0.29) is 40.8 Å². The number of carbonyl (C=O) groups excluding carboxylic acids is 1. The quantitative estimate of drug-likeness (QED) is 0.733. The van der Waals surface area contributed by atoms with Crippen LogP contribution >= 0.6 is 11.6 Å². The van der Waals surface area contributed by atoms with Crippen molar-refractivity contribution in [1.82, 2.24) is 14.5 Å². The van der Waals surface area contributed by atoms with Crippen molar-refractivity contribution in [3.05, 3.63) is 64.9 Å². The maximum Gasteiger partial charge on any atom is 0.244 e. The maximum atomic E-state index is 13.4. The number of hydrogen-bond acceptors (Lipinski definition) is 4. The SMILES string of the molecule is O=C(NC1CC1)C(c1ccc(F)cc1)N1CCN(S(=O)(=O)c2ccccc2Cl)CC1. The van der Waals surface area contributed by atoms with Crippen LogP contribution in [0.5, 0.6) is 0 Å². The third kappa shape index (κ3) is 4.51. The van der Waals surface area contributed by atoms with Crippen LogP contribution < -0.4 is 5.32 Å². The summed E-state index contributed by atoms with van der Waals surface area (Å²) in [7, 11) is -3.72. The van der Waals surface area contributed by atoms with Gasteiger partial charge in [-0.3, -0.25) is 9.69 Å². The van der Waals surface area contributed by atoms with Crippen LogP contribution in [0, 0.1) is 5.82 Å². The zero-order chi connectivity index (χ0) is 21.3. The summed E-state index contributed by atoms with van der Waals surface area (Å²) in [5.74, 6) is -0.498. The summed E-state index contributed by atoms with van der Waals surface area (Å²) in [5, 5.41) is 3.20. The van der Waals surface area contributed by atoms with Crippen LogP contribution in [0.2, 0.25) is 5.02 Å². The minimum Gasteiger partial charge on any atom is -0.352 e. The van der Waals surface area contributed by atoms with Gasteiger partial charge >= 0.3 is 0 Å². The Labute approximate surface area is 180 Å². The van der Waals surface area contributed by atoms with E-state index in [0.29, 0.717) is 18.7 Å². The Morgan fingerprint density at radius 1 is 1.03 bits per heavy atom. The molecule has 1 aliphatic heterocycles. The second-order valence-electron chi connectivity index (χ2n) is 7.61. The Kier molecular flexibility index (Phi) is 6.11. The van der Waals surface area contributed by atoms with Crippen molar-refractivity contribution in [2.45, 2.75) is 29.8 Å². The minimum absolute atomic E-state index is 0.0849. The van der Waals surface area contributed by atoms with Crippen molar-refractivity contribution in [2.75, 3.05) is 26.2 Å². The molecule has 1 saturated carbocycles. The first-order valence-corrected chi connectivity index (χ1v) is 11.7. The monoisotopic (exact) mass is 451 g/mol.